The summed E-state index contributed by atoms with van der Waals surface area (Å²) in [5.74, 6) is -1.03. The van der Waals surface area contributed by atoms with Gasteiger partial charge in [-0.05, 0) is 5.75 Å². The van der Waals surface area contributed by atoms with Crippen LogP contribution in [0.15, 0.2) is 12.1 Å². The number of benzene rings is 1. The summed E-state index contributed by atoms with van der Waals surface area (Å²) in [6.07, 6.45) is 0. The molecule has 0 aromatic heterocycles. The number of non-ortho nitro benzene ring substituents is 1. The van der Waals surface area contributed by atoms with Gasteiger partial charge < -0.3 is 5.11 Å². The molecule has 0 N–H and O–H groups in total. The molecule has 1 aromatic rings. The van der Waals surface area contributed by atoms with Gasteiger partial charge in [0.05, 0.1) is 15.9 Å². The molecule has 0 atom stereocenters. The molecule has 1 rings (SSSR count). The van der Waals surface area contributed by atoms with Crippen LogP contribution in [0, 0.1) is 20.2 Å². The predicted octanol–water partition coefficient (Wildman–Crippen LogP) is -1.77. The standard InChI is InChI=1S/C6H3ClN2O5.Na/c7-4-1-3(8(11)12)2-5(6(4)10)9(13)14;/h1-2,10H;/q;+1/p-1. The summed E-state index contributed by atoms with van der Waals surface area (Å²) in [4.78, 5) is 18.7. The second-order valence-electron chi connectivity index (χ2n) is 2.29. The van der Waals surface area contributed by atoms with Crippen LogP contribution < -0.4 is 34.7 Å². The van der Waals surface area contributed by atoms with Crippen molar-refractivity contribution in [3.63, 3.8) is 0 Å². The molecule has 0 unspecified atom stereocenters. The quantitative estimate of drug-likeness (QED) is 0.345. The van der Waals surface area contributed by atoms with Gasteiger partial charge in [-0.15, -0.1) is 0 Å². The van der Waals surface area contributed by atoms with Crippen LogP contribution in [0.25, 0.3) is 0 Å². The molecular weight excluding hydrogens is 239 g/mol. The summed E-state index contributed by atoms with van der Waals surface area (Å²) in [6, 6.07) is 1.35. The Balaban J connectivity index is 0.00000196. The first-order valence-corrected chi connectivity index (χ1v) is 3.60. The Morgan fingerprint density at radius 3 is 2.07 bits per heavy atom. The molecule has 0 spiro atoms. The van der Waals surface area contributed by atoms with Crippen molar-refractivity contribution < 1.29 is 44.5 Å². The van der Waals surface area contributed by atoms with E-state index in [0.29, 0.717) is 6.07 Å². The van der Waals surface area contributed by atoms with Crippen molar-refractivity contribution >= 4 is 23.0 Å². The SMILES string of the molecule is O=[N+]([O-])c1cc(Cl)c([O-])c([N+](=O)[O-])c1.[Na+]. The molecule has 15 heavy (non-hydrogen) atoms. The fraction of sp³-hybridized carbons (Fsp3) is 0. The van der Waals surface area contributed by atoms with E-state index in [9.17, 15) is 25.3 Å². The van der Waals surface area contributed by atoms with Crippen LogP contribution in [0.2, 0.25) is 5.02 Å². The minimum atomic E-state index is -1.03. The van der Waals surface area contributed by atoms with Crippen LogP contribution in [-0.4, -0.2) is 9.85 Å². The number of nitro benzene ring substituents is 2. The largest absolute Gasteiger partial charge is 1.00 e. The fourth-order valence-electron chi connectivity index (χ4n) is 0.806. The summed E-state index contributed by atoms with van der Waals surface area (Å²) in [6.45, 7) is 0. The summed E-state index contributed by atoms with van der Waals surface area (Å²) in [7, 11) is 0. The Hall–Kier alpha value is -0.890. The van der Waals surface area contributed by atoms with Crippen molar-refractivity contribution in [1.82, 2.24) is 0 Å². The molecule has 0 saturated carbocycles. The van der Waals surface area contributed by atoms with Crippen LogP contribution in [0.3, 0.4) is 0 Å². The number of rotatable bonds is 2. The second kappa shape index (κ2) is 5.26. The van der Waals surface area contributed by atoms with Crippen molar-refractivity contribution in [1.29, 1.82) is 0 Å². The molecule has 0 heterocycles. The van der Waals surface area contributed by atoms with E-state index < -0.39 is 32.0 Å². The number of nitro groups is 2. The van der Waals surface area contributed by atoms with Crippen molar-refractivity contribution in [2.75, 3.05) is 0 Å². The van der Waals surface area contributed by atoms with Crippen LogP contribution in [0.1, 0.15) is 0 Å². The van der Waals surface area contributed by atoms with Crippen LogP contribution >= 0.6 is 11.6 Å². The first-order valence-electron chi connectivity index (χ1n) is 3.23. The molecule has 9 heteroatoms. The Morgan fingerprint density at radius 2 is 1.67 bits per heavy atom. The average Bonchev–Trinajstić information content (AvgIpc) is 2.08. The molecule has 0 bridgehead atoms. The fourth-order valence-corrected chi connectivity index (χ4v) is 1.01. The third-order valence-electron chi connectivity index (χ3n) is 1.42. The zero-order valence-electron chi connectivity index (χ0n) is 7.47. The van der Waals surface area contributed by atoms with Gasteiger partial charge in [-0.3, -0.25) is 20.2 Å². The molecule has 74 valence electrons. The maximum Gasteiger partial charge on any atom is 1.00 e. The van der Waals surface area contributed by atoms with E-state index in [1.807, 2.05) is 0 Å². The van der Waals surface area contributed by atoms with Gasteiger partial charge in [-0.1, -0.05) is 11.6 Å². The smallest absolute Gasteiger partial charge is 0.867 e. The van der Waals surface area contributed by atoms with E-state index in [2.05, 4.69) is 0 Å². The number of hydrogen-bond acceptors (Lipinski definition) is 5. The second-order valence-corrected chi connectivity index (χ2v) is 2.70. The predicted molar refractivity (Wildman–Crippen MR) is 44.2 cm³/mol. The first kappa shape index (κ1) is 14.1. The van der Waals surface area contributed by atoms with Gasteiger partial charge in [-0.2, -0.15) is 0 Å². The van der Waals surface area contributed by atoms with Crippen LogP contribution in [0.5, 0.6) is 5.75 Å². The van der Waals surface area contributed by atoms with Gasteiger partial charge in [0.1, 0.15) is 0 Å². The zero-order valence-corrected chi connectivity index (χ0v) is 10.2. The van der Waals surface area contributed by atoms with Gasteiger partial charge in [0, 0.05) is 11.1 Å². The Labute approximate surface area is 110 Å². The van der Waals surface area contributed by atoms with Crippen LogP contribution in [-0.2, 0) is 0 Å². The Kier molecular flexibility index (Phi) is 4.95. The van der Waals surface area contributed by atoms with Gasteiger partial charge in [0.15, 0.2) is 0 Å². The number of halogens is 1. The molecule has 1 aromatic carbocycles. The molecule has 7 nitrogen and oxygen atoms in total. The zero-order chi connectivity index (χ0) is 10.9. The Bertz CT molecular complexity index is 424. The molecule has 0 amide bonds. The monoisotopic (exact) mass is 240 g/mol. The van der Waals surface area contributed by atoms with E-state index >= 15 is 0 Å². The molecule has 0 aliphatic carbocycles. The van der Waals surface area contributed by atoms with Crippen molar-refractivity contribution in [2.24, 2.45) is 0 Å². The summed E-state index contributed by atoms with van der Waals surface area (Å²) in [5.41, 5.74) is -1.48. The third kappa shape index (κ3) is 3.03. The molecule has 0 saturated heterocycles. The number of nitrogens with zero attached hydrogens (tertiary/aromatic N) is 2. The minimum absolute atomic E-state index is 0. The molecule has 0 fully saturated rings. The first-order chi connectivity index (χ1) is 6.43. The van der Waals surface area contributed by atoms with Gasteiger partial charge in [0.2, 0.25) is 0 Å². The molecular formula is C6H2ClN2NaO5. The van der Waals surface area contributed by atoms with E-state index in [-0.39, 0.29) is 29.6 Å². The Morgan fingerprint density at radius 1 is 1.13 bits per heavy atom. The summed E-state index contributed by atoms with van der Waals surface area (Å²) >= 11 is 5.29. The molecule has 0 aliphatic heterocycles. The van der Waals surface area contributed by atoms with Crippen molar-refractivity contribution in [2.45, 2.75) is 0 Å². The summed E-state index contributed by atoms with van der Waals surface area (Å²) < 4.78 is 0. The normalized spacial score (nSPS) is 9.13. The maximum absolute atomic E-state index is 11.0. The van der Waals surface area contributed by atoms with E-state index in [0.717, 1.165) is 6.07 Å². The van der Waals surface area contributed by atoms with Crippen LogP contribution in [0.4, 0.5) is 11.4 Å². The topological polar surface area (TPSA) is 109 Å². The van der Waals surface area contributed by atoms with Crippen molar-refractivity contribution in [3.8, 4) is 5.75 Å². The molecule has 0 radical (unpaired) electrons. The molecule has 0 aliphatic rings. The third-order valence-corrected chi connectivity index (χ3v) is 1.70. The number of hydrogen-bond donors (Lipinski definition) is 0. The van der Waals surface area contributed by atoms with Crippen molar-refractivity contribution in [3.05, 3.63) is 37.4 Å². The van der Waals surface area contributed by atoms with Gasteiger partial charge in [-0.25, -0.2) is 0 Å². The minimum Gasteiger partial charge on any atom is -0.867 e. The van der Waals surface area contributed by atoms with E-state index in [1.165, 1.54) is 0 Å². The van der Waals surface area contributed by atoms with E-state index in [4.69, 9.17) is 11.6 Å². The maximum atomic E-state index is 11.0. The summed E-state index contributed by atoms with van der Waals surface area (Å²) in [5, 5.41) is 31.0. The average molecular weight is 241 g/mol. The van der Waals surface area contributed by atoms with Gasteiger partial charge >= 0.3 is 29.6 Å². The van der Waals surface area contributed by atoms with E-state index in [1.54, 1.807) is 0 Å². The van der Waals surface area contributed by atoms with Gasteiger partial charge in [0.25, 0.3) is 11.4 Å².